The van der Waals surface area contributed by atoms with Gasteiger partial charge in [-0.05, 0) is 24.6 Å². The van der Waals surface area contributed by atoms with Crippen LogP contribution in [0.2, 0.25) is 0 Å². The third-order valence-corrected chi connectivity index (χ3v) is 4.19. The van der Waals surface area contributed by atoms with Crippen LogP contribution in [0.15, 0.2) is 28.7 Å². The first kappa shape index (κ1) is 14.6. The molecule has 5 heteroatoms. The van der Waals surface area contributed by atoms with Crippen LogP contribution in [0.4, 0.5) is 0 Å². The molecule has 0 saturated carbocycles. The molecule has 0 saturated heterocycles. The van der Waals surface area contributed by atoms with E-state index in [1.54, 1.807) is 11.3 Å². The summed E-state index contributed by atoms with van der Waals surface area (Å²) in [6.45, 7) is 6.44. The lowest BCUT2D eigenvalue weighted by Gasteiger charge is -2.05. The molecule has 2 rings (SSSR count). The zero-order valence-corrected chi connectivity index (χ0v) is 13.6. The first-order valence-electron chi connectivity index (χ1n) is 6.44. The van der Waals surface area contributed by atoms with Crippen LogP contribution >= 0.6 is 27.3 Å². The minimum atomic E-state index is 0.688. The smallest absolute Gasteiger partial charge is 0.147 e. The van der Waals surface area contributed by atoms with E-state index >= 15 is 0 Å². The Balaban J connectivity index is 1.90. The average Bonchev–Trinajstić information content (AvgIpc) is 2.84. The highest BCUT2D eigenvalue weighted by molar-refractivity contribution is 9.10. The van der Waals surface area contributed by atoms with Crippen LogP contribution in [-0.4, -0.2) is 23.3 Å². The highest BCUT2D eigenvalue weighted by Crippen LogP contribution is 2.24. The maximum absolute atomic E-state index is 4.26. The minimum Gasteiger partial charge on any atom is -0.316 e. The van der Waals surface area contributed by atoms with Crippen LogP contribution in [0.25, 0.3) is 10.6 Å². The van der Waals surface area contributed by atoms with Crippen LogP contribution in [0, 0.1) is 5.92 Å². The Morgan fingerprint density at radius 3 is 2.63 bits per heavy atom. The van der Waals surface area contributed by atoms with Gasteiger partial charge in [0.1, 0.15) is 10.0 Å². The minimum absolute atomic E-state index is 0.688. The molecule has 0 bridgehead atoms. The third-order valence-electron chi connectivity index (χ3n) is 2.63. The van der Waals surface area contributed by atoms with E-state index in [2.05, 4.69) is 57.4 Å². The largest absolute Gasteiger partial charge is 0.316 e. The Morgan fingerprint density at radius 1 is 1.21 bits per heavy atom. The third kappa shape index (κ3) is 4.67. The fourth-order valence-corrected chi connectivity index (χ4v) is 2.76. The van der Waals surface area contributed by atoms with Crippen molar-refractivity contribution in [3.05, 3.63) is 33.7 Å². The normalized spacial score (nSPS) is 11.2. The van der Waals surface area contributed by atoms with Crippen molar-refractivity contribution in [2.75, 3.05) is 13.1 Å². The second kappa shape index (κ2) is 7.12. The Labute approximate surface area is 126 Å². The molecule has 0 fully saturated rings. The number of hydrogen-bond acceptors (Lipinski definition) is 4. The zero-order valence-electron chi connectivity index (χ0n) is 11.2. The molecule has 0 amide bonds. The summed E-state index contributed by atoms with van der Waals surface area (Å²) in [5.41, 5.74) is 1.13. The fourth-order valence-electron chi connectivity index (χ4n) is 1.65. The Morgan fingerprint density at radius 2 is 1.95 bits per heavy atom. The maximum Gasteiger partial charge on any atom is 0.147 e. The second-order valence-corrected chi connectivity index (χ2v) is 6.83. The van der Waals surface area contributed by atoms with Gasteiger partial charge in [0.05, 0.1) is 0 Å². The van der Waals surface area contributed by atoms with E-state index < -0.39 is 0 Å². The summed E-state index contributed by atoms with van der Waals surface area (Å²) in [7, 11) is 0. The molecule has 1 heterocycles. The molecule has 0 aliphatic carbocycles. The Hall–Kier alpha value is -0.780. The maximum atomic E-state index is 4.26. The SMILES string of the molecule is CC(C)CNCCc1nnc(-c2ccc(Br)cc2)s1. The van der Waals surface area contributed by atoms with E-state index in [1.165, 1.54) is 0 Å². The summed E-state index contributed by atoms with van der Waals surface area (Å²) in [6.07, 6.45) is 0.945. The Kier molecular flexibility index (Phi) is 5.48. The molecule has 3 nitrogen and oxygen atoms in total. The quantitative estimate of drug-likeness (QED) is 0.814. The van der Waals surface area contributed by atoms with Crippen LogP contribution in [0.5, 0.6) is 0 Å². The summed E-state index contributed by atoms with van der Waals surface area (Å²) >= 11 is 5.11. The molecule has 0 spiro atoms. The van der Waals surface area contributed by atoms with Gasteiger partial charge in [-0.1, -0.05) is 53.2 Å². The fraction of sp³-hybridized carbons (Fsp3) is 0.429. The summed E-state index contributed by atoms with van der Waals surface area (Å²) in [6, 6.07) is 8.18. The number of benzene rings is 1. The lowest BCUT2D eigenvalue weighted by Crippen LogP contribution is -2.22. The number of nitrogens with one attached hydrogen (secondary N) is 1. The molecular formula is C14H18BrN3S. The highest BCUT2D eigenvalue weighted by Gasteiger charge is 2.06. The summed E-state index contributed by atoms with van der Waals surface area (Å²) < 4.78 is 1.08. The van der Waals surface area contributed by atoms with Gasteiger partial charge in [0.15, 0.2) is 0 Å². The predicted molar refractivity (Wildman–Crippen MR) is 84.5 cm³/mol. The van der Waals surface area contributed by atoms with Crippen LogP contribution in [0.1, 0.15) is 18.9 Å². The molecule has 102 valence electrons. The number of hydrogen-bond donors (Lipinski definition) is 1. The monoisotopic (exact) mass is 339 g/mol. The standard InChI is InChI=1S/C14H18BrN3S/c1-10(2)9-16-8-7-13-17-18-14(19-13)11-3-5-12(15)6-4-11/h3-6,10,16H,7-9H2,1-2H3. The van der Waals surface area contributed by atoms with E-state index in [0.29, 0.717) is 5.92 Å². The number of aromatic nitrogens is 2. The van der Waals surface area contributed by atoms with Crippen LogP contribution in [-0.2, 0) is 6.42 Å². The summed E-state index contributed by atoms with van der Waals surface area (Å²) in [5.74, 6) is 0.688. The van der Waals surface area contributed by atoms with Crippen LogP contribution < -0.4 is 5.32 Å². The number of rotatable bonds is 6. The lowest BCUT2D eigenvalue weighted by atomic mass is 10.2. The molecule has 0 radical (unpaired) electrons. The van der Waals surface area contributed by atoms with Crippen LogP contribution in [0.3, 0.4) is 0 Å². The van der Waals surface area contributed by atoms with Gasteiger partial charge < -0.3 is 5.32 Å². The van der Waals surface area contributed by atoms with Crippen molar-refractivity contribution in [3.63, 3.8) is 0 Å². The predicted octanol–water partition coefficient (Wildman–Crippen LogP) is 3.76. The van der Waals surface area contributed by atoms with Crippen molar-refractivity contribution in [1.29, 1.82) is 0 Å². The molecule has 0 atom stereocenters. The van der Waals surface area contributed by atoms with E-state index in [0.717, 1.165) is 39.6 Å². The first-order chi connectivity index (χ1) is 9.15. The molecular weight excluding hydrogens is 322 g/mol. The number of nitrogens with zero attached hydrogens (tertiary/aromatic N) is 2. The van der Waals surface area contributed by atoms with Crippen molar-refractivity contribution in [3.8, 4) is 10.6 Å². The molecule has 2 aromatic rings. The second-order valence-electron chi connectivity index (χ2n) is 4.86. The van der Waals surface area contributed by atoms with Gasteiger partial charge in [-0.2, -0.15) is 0 Å². The lowest BCUT2D eigenvalue weighted by molar-refractivity contribution is 0.553. The van der Waals surface area contributed by atoms with Gasteiger partial charge in [0.25, 0.3) is 0 Å². The van der Waals surface area contributed by atoms with E-state index in [1.807, 2.05) is 12.1 Å². The zero-order chi connectivity index (χ0) is 13.7. The molecule has 0 aliphatic rings. The molecule has 1 aromatic carbocycles. The van der Waals surface area contributed by atoms with Crippen molar-refractivity contribution < 1.29 is 0 Å². The molecule has 0 aliphatic heterocycles. The van der Waals surface area contributed by atoms with Gasteiger partial charge in [0, 0.05) is 23.0 Å². The molecule has 1 aromatic heterocycles. The van der Waals surface area contributed by atoms with E-state index in [-0.39, 0.29) is 0 Å². The first-order valence-corrected chi connectivity index (χ1v) is 8.05. The number of halogens is 1. The molecule has 0 unspecified atom stereocenters. The van der Waals surface area contributed by atoms with Crippen molar-refractivity contribution in [2.45, 2.75) is 20.3 Å². The van der Waals surface area contributed by atoms with Crippen molar-refractivity contribution >= 4 is 27.3 Å². The van der Waals surface area contributed by atoms with Crippen molar-refractivity contribution in [1.82, 2.24) is 15.5 Å². The average molecular weight is 340 g/mol. The van der Waals surface area contributed by atoms with Crippen molar-refractivity contribution in [2.24, 2.45) is 5.92 Å². The Bertz CT molecular complexity index is 508. The summed E-state index contributed by atoms with van der Waals surface area (Å²) in [4.78, 5) is 0. The molecule has 1 N–H and O–H groups in total. The molecule has 19 heavy (non-hydrogen) atoms. The highest BCUT2D eigenvalue weighted by atomic mass is 79.9. The summed E-state index contributed by atoms with van der Waals surface area (Å²) in [5, 5.41) is 14.0. The van der Waals surface area contributed by atoms with E-state index in [4.69, 9.17) is 0 Å². The topological polar surface area (TPSA) is 37.8 Å². The van der Waals surface area contributed by atoms with Gasteiger partial charge in [0.2, 0.25) is 0 Å². The van der Waals surface area contributed by atoms with Gasteiger partial charge in [-0.15, -0.1) is 10.2 Å². The van der Waals surface area contributed by atoms with E-state index in [9.17, 15) is 0 Å². The van der Waals surface area contributed by atoms with Gasteiger partial charge in [-0.25, -0.2) is 0 Å². The van der Waals surface area contributed by atoms with Gasteiger partial charge >= 0.3 is 0 Å². The van der Waals surface area contributed by atoms with Gasteiger partial charge in [-0.3, -0.25) is 0 Å².